The zero-order valence-electron chi connectivity index (χ0n) is 16.2. The number of nitrogens with zero attached hydrogens (tertiary/aromatic N) is 2. The molecule has 7 N–H and O–H groups in total. The number of ether oxygens (including phenoxy) is 1. The van der Waals surface area contributed by atoms with Crippen molar-refractivity contribution >= 4 is 64.6 Å². The summed E-state index contributed by atoms with van der Waals surface area (Å²) in [5.41, 5.74) is 11.7. The van der Waals surface area contributed by atoms with E-state index in [9.17, 15) is 9.59 Å². The standard InChI is InChI=1S/C16H24IN7O4S/c1-16(2,3)27-15(26)21-11(6-9-7-24(8-20-9)29-28-17)14(25)23-12-5-4-10(18)13(19)22-12/h4-5,7,11,20H,6,8,18H2,1-3H3,(H,21,26)(H3,19,22,23,25). The van der Waals surface area contributed by atoms with Crippen LogP contribution in [-0.4, -0.2) is 39.6 Å². The molecular weight excluding hydrogens is 513 g/mol. The van der Waals surface area contributed by atoms with E-state index >= 15 is 0 Å². The smallest absolute Gasteiger partial charge is 0.408 e. The average molecular weight is 537 g/mol. The molecule has 2 amide bonds. The second-order valence-electron chi connectivity index (χ2n) is 7.11. The van der Waals surface area contributed by atoms with Crippen LogP contribution in [0.25, 0.3) is 0 Å². The number of nitrogens with two attached hydrogens (primary N) is 2. The lowest BCUT2D eigenvalue weighted by Crippen LogP contribution is -2.46. The number of alkyl carbamates (subject to hydrolysis) is 1. The number of nitrogen functional groups attached to an aromatic ring is 2. The van der Waals surface area contributed by atoms with Gasteiger partial charge in [-0.05, 0) is 32.9 Å². The molecule has 1 unspecified atom stereocenters. The monoisotopic (exact) mass is 537 g/mol. The maximum absolute atomic E-state index is 12.8. The fraction of sp³-hybridized carbons (Fsp3) is 0.438. The third kappa shape index (κ3) is 7.66. The molecule has 2 heterocycles. The molecule has 1 atom stereocenters. The molecule has 1 aromatic rings. The third-order valence-electron chi connectivity index (χ3n) is 3.53. The number of amides is 2. The molecule has 0 bridgehead atoms. The van der Waals surface area contributed by atoms with E-state index in [2.05, 4.69) is 20.9 Å². The first-order chi connectivity index (χ1) is 13.6. The zero-order chi connectivity index (χ0) is 21.6. The van der Waals surface area contributed by atoms with Gasteiger partial charge in [-0.1, -0.05) is 0 Å². The van der Waals surface area contributed by atoms with Gasteiger partial charge in [0.2, 0.25) is 5.91 Å². The third-order valence-corrected chi connectivity index (χ3v) is 4.49. The molecule has 11 nitrogen and oxygen atoms in total. The van der Waals surface area contributed by atoms with Crippen LogP contribution in [0.5, 0.6) is 0 Å². The lowest BCUT2D eigenvalue weighted by Gasteiger charge is -2.23. The molecule has 0 saturated heterocycles. The minimum atomic E-state index is -0.922. The molecule has 1 aliphatic rings. The number of anilines is 3. The summed E-state index contributed by atoms with van der Waals surface area (Å²) in [6.45, 7) is 5.72. The van der Waals surface area contributed by atoms with Crippen molar-refractivity contribution in [2.75, 3.05) is 23.5 Å². The number of pyridine rings is 1. The molecule has 0 fully saturated rings. The van der Waals surface area contributed by atoms with E-state index in [-0.39, 0.29) is 18.1 Å². The first-order valence-corrected chi connectivity index (χ1v) is 10.1. The maximum atomic E-state index is 12.8. The number of carbonyl (C=O) groups excluding carboxylic acids is 2. The van der Waals surface area contributed by atoms with Crippen LogP contribution in [0.3, 0.4) is 0 Å². The van der Waals surface area contributed by atoms with Gasteiger partial charge in [0.25, 0.3) is 0 Å². The number of nitrogens with one attached hydrogen (secondary N) is 3. The van der Waals surface area contributed by atoms with E-state index in [0.717, 1.165) is 17.9 Å². The van der Waals surface area contributed by atoms with Crippen LogP contribution >= 0.6 is 35.2 Å². The largest absolute Gasteiger partial charge is 0.444 e. The van der Waals surface area contributed by atoms with Crippen molar-refractivity contribution < 1.29 is 16.8 Å². The van der Waals surface area contributed by atoms with Gasteiger partial charge in [-0.25, -0.2) is 12.3 Å². The first-order valence-electron chi connectivity index (χ1n) is 8.56. The summed E-state index contributed by atoms with van der Waals surface area (Å²) < 4.78 is 12.0. The van der Waals surface area contributed by atoms with Gasteiger partial charge in [0.1, 0.15) is 58.5 Å². The van der Waals surface area contributed by atoms with Crippen LogP contribution in [-0.2, 0) is 12.0 Å². The maximum Gasteiger partial charge on any atom is 0.408 e. The van der Waals surface area contributed by atoms with Gasteiger partial charge in [0.15, 0.2) is 0 Å². The highest BCUT2D eigenvalue weighted by Gasteiger charge is 2.27. The Balaban J connectivity index is 2.12. The van der Waals surface area contributed by atoms with Gasteiger partial charge in [-0.2, -0.15) is 0 Å². The molecule has 0 aromatic carbocycles. The first kappa shape index (κ1) is 23.2. The van der Waals surface area contributed by atoms with Crippen molar-refractivity contribution in [3.63, 3.8) is 0 Å². The molecule has 29 heavy (non-hydrogen) atoms. The summed E-state index contributed by atoms with van der Waals surface area (Å²) >= 11 is 2.90. The highest BCUT2D eigenvalue weighted by molar-refractivity contribution is 14.1. The summed E-state index contributed by atoms with van der Waals surface area (Å²) in [7, 11) is 0. The van der Waals surface area contributed by atoms with Gasteiger partial charge in [0, 0.05) is 18.3 Å². The minimum absolute atomic E-state index is 0.103. The second-order valence-corrected chi connectivity index (χ2v) is 8.93. The summed E-state index contributed by atoms with van der Waals surface area (Å²) in [5, 5.41) is 8.37. The lowest BCUT2D eigenvalue weighted by molar-refractivity contribution is -0.118. The lowest BCUT2D eigenvalue weighted by atomic mass is 10.1. The Hall–Kier alpha value is -2.13. The Bertz CT molecular complexity index is 787. The molecule has 13 heteroatoms. The normalized spacial score (nSPS) is 14.6. The fourth-order valence-corrected chi connectivity index (χ4v) is 3.28. The zero-order valence-corrected chi connectivity index (χ0v) is 19.2. The number of halogens is 1. The average Bonchev–Trinajstić information content (AvgIpc) is 3.03. The molecule has 1 aliphatic heterocycles. The van der Waals surface area contributed by atoms with Gasteiger partial charge in [-0.3, -0.25) is 9.10 Å². The Morgan fingerprint density at radius 2 is 2.14 bits per heavy atom. The van der Waals surface area contributed by atoms with Gasteiger partial charge in [-0.15, -0.1) is 0 Å². The molecular formula is C16H24IN7O4S. The van der Waals surface area contributed by atoms with Gasteiger partial charge in [0.05, 0.1) is 12.4 Å². The van der Waals surface area contributed by atoms with E-state index in [1.54, 1.807) is 54.3 Å². The van der Waals surface area contributed by atoms with Crippen LogP contribution in [0.1, 0.15) is 27.2 Å². The SMILES string of the molecule is CC(C)(C)OC(=O)NC(CC1=CN(SOI)CN1)C(=O)Nc1ccc(N)c(N)n1. The van der Waals surface area contributed by atoms with Crippen molar-refractivity contribution in [2.24, 2.45) is 0 Å². The molecule has 1 aromatic heterocycles. The number of hydrogen-bond acceptors (Lipinski definition) is 10. The van der Waals surface area contributed by atoms with Crippen molar-refractivity contribution in [2.45, 2.75) is 38.8 Å². The predicted octanol–water partition coefficient (Wildman–Crippen LogP) is 2.10. The van der Waals surface area contributed by atoms with Crippen molar-refractivity contribution in [3.8, 4) is 0 Å². The highest BCUT2D eigenvalue weighted by atomic mass is 127. The van der Waals surface area contributed by atoms with Crippen molar-refractivity contribution in [1.29, 1.82) is 0 Å². The molecule has 160 valence electrons. The van der Waals surface area contributed by atoms with Crippen LogP contribution in [0, 0.1) is 0 Å². The summed E-state index contributed by atoms with van der Waals surface area (Å²) in [4.78, 5) is 29.1. The van der Waals surface area contributed by atoms with Gasteiger partial charge >= 0.3 is 6.09 Å². The molecule has 0 radical (unpaired) electrons. The van der Waals surface area contributed by atoms with E-state index in [1.807, 2.05) is 0 Å². The van der Waals surface area contributed by atoms with Crippen molar-refractivity contribution in [1.82, 2.24) is 19.9 Å². The number of carbonyl (C=O) groups is 2. The molecule has 0 spiro atoms. The van der Waals surface area contributed by atoms with Crippen LogP contribution in [0.15, 0.2) is 24.0 Å². The van der Waals surface area contributed by atoms with Crippen LogP contribution in [0.4, 0.5) is 22.1 Å². The van der Waals surface area contributed by atoms with E-state index < -0.39 is 23.6 Å². The molecule has 0 saturated carbocycles. The Labute approximate surface area is 187 Å². The molecule has 0 aliphatic carbocycles. The van der Waals surface area contributed by atoms with E-state index in [1.165, 1.54) is 12.1 Å². The Kier molecular flexibility index (Phi) is 8.04. The summed E-state index contributed by atoms with van der Waals surface area (Å²) in [6, 6.07) is 2.14. The minimum Gasteiger partial charge on any atom is -0.444 e. The highest BCUT2D eigenvalue weighted by Crippen LogP contribution is 2.22. The second kappa shape index (κ2) is 10.1. The number of hydrogen-bond donors (Lipinski definition) is 5. The predicted molar refractivity (Wildman–Crippen MR) is 120 cm³/mol. The van der Waals surface area contributed by atoms with E-state index in [0.29, 0.717) is 12.4 Å². The number of rotatable bonds is 7. The summed E-state index contributed by atoms with van der Waals surface area (Å²) in [6.07, 6.45) is 1.29. The Morgan fingerprint density at radius 1 is 1.41 bits per heavy atom. The fourth-order valence-electron chi connectivity index (χ4n) is 2.30. The van der Waals surface area contributed by atoms with Crippen LogP contribution in [0.2, 0.25) is 0 Å². The molecule has 2 rings (SSSR count). The quantitative estimate of drug-likeness (QED) is 0.198. The van der Waals surface area contributed by atoms with E-state index in [4.69, 9.17) is 18.7 Å². The Morgan fingerprint density at radius 3 is 2.76 bits per heavy atom. The topological polar surface area (TPSA) is 157 Å². The van der Waals surface area contributed by atoms with Gasteiger partial charge < -0.3 is 32.2 Å². The van der Waals surface area contributed by atoms with Crippen molar-refractivity contribution in [3.05, 3.63) is 24.0 Å². The van der Waals surface area contributed by atoms with Crippen LogP contribution < -0.4 is 27.4 Å². The number of aromatic nitrogens is 1. The summed E-state index contributed by atoms with van der Waals surface area (Å²) in [5.74, 6) is -0.154.